The average molecular weight is 186 g/mol. The predicted octanol–water partition coefficient (Wildman–Crippen LogP) is -0.707. The van der Waals surface area contributed by atoms with Crippen molar-refractivity contribution < 1.29 is 9.90 Å². The second-order valence-electron chi connectivity index (χ2n) is 3.75. The zero-order chi connectivity index (χ0) is 9.84. The number of amides is 1. The second-order valence-corrected chi connectivity index (χ2v) is 3.75. The molecule has 1 saturated heterocycles. The molecule has 0 bridgehead atoms. The molecule has 0 aliphatic carbocycles. The Labute approximate surface area is 78.9 Å². The molecule has 4 nitrogen and oxygen atoms in total. The highest BCUT2D eigenvalue weighted by Gasteiger charge is 2.31. The monoisotopic (exact) mass is 186 g/mol. The minimum Gasteiger partial charge on any atom is -0.396 e. The number of hydrogen-bond acceptors (Lipinski definition) is 3. The van der Waals surface area contributed by atoms with Gasteiger partial charge in [0.25, 0.3) is 0 Å². The van der Waals surface area contributed by atoms with E-state index in [0.717, 1.165) is 19.6 Å². The van der Waals surface area contributed by atoms with E-state index in [1.165, 1.54) is 0 Å². The van der Waals surface area contributed by atoms with Crippen molar-refractivity contribution in [1.29, 1.82) is 0 Å². The minimum atomic E-state index is 0.0460. The van der Waals surface area contributed by atoms with Crippen LogP contribution in [-0.2, 0) is 4.79 Å². The Kier molecular flexibility index (Phi) is 3.69. The van der Waals surface area contributed by atoms with Crippen molar-refractivity contribution in [3.8, 4) is 0 Å². The van der Waals surface area contributed by atoms with Gasteiger partial charge in [-0.1, -0.05) is 6.92 Å². The van der Waals surface area contributed by atoms with E-state index in [2.05, 4.69) is 5.32 Å². The summed E-state index contributed by atoms with van der Waals surface area (Å²) in [5.41, 5.74) is 0. The first-order valence-electron chi connectivity index (χ1n) is 4.73. The molecule has 1 aliphatic rings. The standard InChI is InChI=1S/C9H18N2O2/c1-7(3-10-2)9(13)11-4-8(5-11)6-12/h7-8,10,12H,3-6H2,1-2H3. The van der Waals surface area contributed by atoms with Gasteiger partial charge in [-0.3, -0.25) is 4.79 Å². The van der Waals surface area contributed by atoms with E-state index in [0.29, 0.717) is 5.92 Å². The lowest BCUT2D eigenvalue weighted by molar-refractivity contribution is -0.142. The van der Waals surface area contributed by atoms with E-state index in [4.69, 9.17) is 5.11 Å². The zero-order valence-electron chi connectivity index (χ0n) is 8.29. The molecule has 1 atom stereocenters. The van der Waals surface area contributed by atoms with Gasteiger partial charge in [-0.25, -0.2) is 0 Å². The highest BCUT2D eigenvalue weighted by Crippen LogP contribution is 2.17. The van der Waals surface area contributed by atoms with Crippen molar-refractivity contribution in [3.05, 3.63) is 0 Å². The molecule has 0 saturated carbocycles. The van der Waals surface area contributed by atoms with Gasteiger partial charge in [0.05, 0.1) is 0 Å². The summed E-state index contributed by atoms with van der Waals surface area (Å²) in [4.78, 5) is 13.4. The smallest absolute Gasteiger partial charge is 0.226 e. The van der Waals surface area contributed by atoms with Gasteiger partial charge in [0, 0.05) is 38.1 Å². The molecular weight excluding hydrogens is 168 g/mol. The number of carbonyl (C=O) groups excluding carboxylic acids is 1. The molecule has 1 unspecified atom stereocenters. The highest BCUT2D eigenvalue weighted by molar-refractivity contribution is 5.79. The Balaban J connectivity index is 2.25. The molecule has 1 aliphatic heterocycles. The van der Waals surface area contributed by atoms with Crippen LogP contribution >= 0.6 is 0 Å². The van der Waals surface area contributed by atoms with Crippen LogP contribution in [-0.4, -0.2) is 49.2 Å². The maximum absolute atomic E-state index is 11.6. The molecule has 4 heteroatoms. The Morgan fingerprint density at radius 1 is 1.69 bits per heavy atom. The number of aliphatic hydroxyl groups is 1. The molecular formula is C9H18N2O2. The van der Waals surface area contributed by atoms with Crippen LogP contribution in [0.1, 0.15) is 6.92 Å². The third kappa shape index (κ3) is 2.42. The molecule has 2 N–H and O–H groups in total. The largest absolute Gasteiger partial charge is 0.396 e. The molecule has 1 fully saturated rings. The van der Waals surface area contributed by atoms with Crippen molar-refractivity contribution in [2.24, 2.45) is 11.8 Å². The van der Waals surface area contributed by atoms with Gasteiger partial charge in [0.1, 0.15) is 0 Å². The van der Waals surface area contributed by atoms with Gasteiger partial charge in [-0.05, 0) is 7.05 Å². The highest BCUT2D eigenvalue weighted by atomic mass is 16.3. The minimum absolute atomic E-state index is 0.0460. The molecule has 1 heterocycles. The van der Waals surface area contributed by atoms with Crippen molar-refractivity contribution in [2.75, 3.05) is 33.3 Å². The van der Waals surface area contributed by atoms with E-state index >= 15 is 0 Å². The fourth-order valence-corrected chi connectivity index (χ4v) is 1.57. The fraction of sp³-hybridized carbons (Fsp3) is 0.889. The zero-order valence-corrected chi connectivity index (χ0v) is 8.29. The molecule has 0 aromatic carbocycles. The number of carbonyl (C=O) groups is 1. The van der Waals surface area contributed by atoms with Gasteiger partial charge in [0.2, 0.25) is 5.91 Å². The normalized spacial score (nSPS) is 19.8. The van der Waals surface area contributed by atoms with Crippen molar-refractivity contribution >= 4 is 5.91 Å². The van der Waals surface area contributed by atoms with Crippen LogP contribution in [0.15, 0.2) is 0 Å². The molecule has 0 radical (unpaired) electrons. The van der Waals surface area contributed by atoms with E-state index in [-0.39, 0.29) is 18.4 Å². The van der Waals surface area contributed by atoms with Crippen LogP contribution in [0.3, 0.4) is 0 Å². The van der Waals surface area contributed by atoms with Gasteiger partial charge >= 0.3 is 0 Å². The summed E-state index contributed by atoms with van der Waals surface area (Å²) in [6.07, 6.45) is 0. The van der Waals surface area contributed by atoms with Crippen molar-refractivity contribution in [2.45, 2.75) is 6.92 Å². The molecule has 0 aromatic heterocycles. The van der Waals surface area contributed by atoms with E-state index < -0.39 is 0 Å². The Bertz CT molecular complexity index is 178. The lowest BCUT2D eigenvalue weighted by atomic mass is 9.98. The maximum atomic E-state index is 11.6. The molecule has 76 valence electrons. The van der Waals surface area contributed by atoms with Crippen LogP contribution in [0.4, 0.5) is 0 Å². The maximum Gasteiger partial charge on any atom is 0.226 e. The van der Waals surface area contributed by atoms with E-state index in [9.17, 15) is 4.79 Å². The van der Waals surface area contributed by atoms with Gasteiger partial charge < -0.3 is 15.3 Å². The summed E-state index contributed by atoms with van der Waals surface area (Å²) in [5, 5.41) is 11.8. The van der Waals surface area contributed by atoms with Crippen molar-refractivity contribution in [1.82, 2.24) is 10.2 Å². The SMILES string of the molecule is CNCC(C)C(=O)N1CC(CO)C1. The number of nitrogens with zero attached hydrogens (tertiary/aromatic N) is 1. The quantitative estimate of drug-likeness (QED) is 0.610. The summed E-state index contributed by atoms with van der Waals surface area (Å²) in [6, 6.07) is 0. The summed E-state index contributed by atoms with van der Waals surface area (Å²) in [5.74, 6) is 0.550. The van der Waals surface area contributed by atoms with E-state index in [1.54, 1.807) is 0 Å². The number of hydrogen-bond donors (Lipinski definition) is 2. The van der Waals surface area contributed by atoms with Gasteiger partial charge in [-0.2, -0.15) is 0 Å². The Morgan fingerprint density at radius 3 is 2.77 bits per heavy atom. The number of likely N-dealkylation sites (tertiary alicyclic amines) is 1. The van der Waals surface area contributed by atoms with Crippen LogP contribution in [0.25, 0.3) is 0 Å². The first kappa shape index (κ1) is 10.5. The first-order valence-corrected chi connectivity index (χ1v) is 4.73. The second kappa shape index (κ2) is 4.58. The average Bonchev–Trinajstić information content (AvgIpc) is 2.02. The van der Waals surface area contributed by atoms with Gasteiger partial charge in [-0.15, -0.1) is 0 Å². The molecule has 0 spiro atoms. The molecule has 0 aromatic rings. The van der Waals surface area contributed by atoms with E-state index in [1.807, 2.05) is 18.9 Å². The number of rotatable bonds is 4. The Hall–Kier alpha value is -0.610. The lowest BCUT2D eigenvalue weighted by Gasteiger charge is -2.39. The summed E-state index contributed by atoms with van der Waals surface area (Å²) < 4.78 is 0. The van der Waals surface area contributed by atoms with Crippen LogP contribution in [0, 0.1) is 11.8 Å². The lowest BCUT2D eigenvalue weighted by Crippen LogP contribution is -2.53. The molecule has 1 rings (SSSR count). The Morgan fingerprint density at radius 2 is 2.31 bits per heavy atom. The fourth-order valence-electron chi connectivity index (χ4n) is 1.57. The third-order valence-corrected chi connectivity index (χ3v) is 2.46. The summed E-state index contributed by atoms with van der Waals surface area (Å²) >= 11 is 0. The topological polar surface area (TPSA) is 52.6 Å². The number of nitrogens with one attached hydrogen (secondary N) is 1. The van der Waals surface area contributed by atoms with Crippen LogP contribution in [0.2, 0.25) is 0 Å². The van der Waals surface area contributed by atoms with Gasteiger partial charge in [0.15, 0.2) is 0 Å². The first-order chi connectivity index (χ1) is 6.19. The predicted molar refractivity (Wildman–Crippen MR) is 50.2 cm³/mol. The molecule has 13 heavy (non-hydrogen) atoms. The van der Waals surface area contributed by atoms with Crippen LogP contribution in [0.5, 0.6) is 0 Å². The van der Waals surface area contributed by atoms with Crippen LogP contribution < -0.4 is 5.32 Å². The molecule has 1 amide bonds. The number of aliphatic hydroxyl groups excluding tert-OH is 1. The summed E-state index contributed by atoms with van der Waals surface area (Å²) in [6.45, 7) is 4.29. The van der Waals surface area contributed by atoms with Crippen molar-refractivity contribution in [3.63, 3.8) is 0 Å². The third-order valence-electron chi connectivity index (χ3n) is 2.46. The summed E-state index contributed by atoms with van der Waals surface area (Å²) in [7, 11) is 1.84.